The molecule has 1 aromatic rings. The van der Waals surface area contributed by atoms with E-state index in [-0.39, 0.29) is 0 Å². The maximum atomic E-state index is 9.45. The van der Waals surface area contributed by atoms with E-state index in [0.717, 1.165) is 35.7 Å². The number of likely N-dealkylation sites (N-methyl/N-ethyl adjacent to an activating group) is 1. The lowest BCUT2D eigenvalue weighted by Crippen LogP contribution is -2.37. The second-order valence-corrected chi connectivity index (χ2v) is 6.18. The molecule has 2 aliphatic heterocycles. The number of fused-ring (bicyclic) bond motifs is 2. The third-order valence-electron chi connectivity index (χ3n) is 4.89. The Bertz CT molecular complexity index is 560. The van der Waals surface area contributed by atoms with Crippen molar-refractivity contribution >= 4 is 5.82 Å². The minimum absolute atomic E-state index is 0.608. The van der Waals surface area contributed by atoms with E-state index in [1.54, 1.807) is 0 Å². The van der Waals surface area contributed by atoms with E-state index in [2.05, 4.69) is 27.9 Å². The topological polar surface area (TPSA) is 43.2 Å². The monoisotopic (exact) mass is 270 g/mol. The molecular formula is C16H22N4. The number of aromatic nitrogens is 1. The zero-order valence-corrected chi connectivity index (χ0v) is 12.6. The molecule has 2 aliphatic rings. The first-order valence-corrected chi connectivity index (χ1v) is 7.45. The Morgan fingerprint density at radius 3 is 2.75 bits per heavy atom. The van der Waals surface area contributed by atoms with Gasteiger partial charge in [0.05, 0.1) is 5.56 Å². The first kappa shape index (κ1) is 13.4. The Morgan fingerprint density at radius 1 is 1.25 bits per heavy atom. The quantitative estimate of drug-likeness (QED) is 0.785. The lowest BCUT2D eigenvalue weighted by atomic mass is 10.1. The summed E-state index contributed by atoms with van der Waals surface area (Å²) >= 11 is 0. The van der Waals surface area contributed by atoms with E-state index in [4.69, 9.17) is 0 Å². The summed E-state index contributed by atoms with van der Waals surface area (Å²) in [5.41, 5.74) is 2.79. The highest BCUT2D eigenvalue weighted by molar-refractivity contribution is 5.58. The molecule has 0 aromatic carbocycles. The van der Waals surface area contributed by atoms with Crippen molar-refractivity contribution < 1.29 is 0 Å². The zero-order valence-electron chi connectivity index (χ0n) is 12.6. The van der Waals surface area contributed by atoms with Crippen LogP contribution in [0.25, 0.3) is 0 Å². The molecule has 0 saturated carbocycles. The molecule has 20 heavy (non-hydrogen) atoms. The van der Waals surface area contributed by atoms with Crippen molar-refractivity contribution in [2.24, 2.45) is 0 Å². The molecule has 4 nitrogen and oxygen atoms in total. The van der Waals surface area contributed by atoms with Crippen LogP contribution in [0.1, 0.15) is 36.1 Å². The third kappa shape index (κ3) is 2.16. The second-order valence-electron chi connectivity index (χ2n) is 6.18. The molecule has 2 saturated heterocycles. The summed E-state index contributed by atoms with van der Waals surface area (Å²) in [6, 6.07) is 5.66. The maximum absolute atomic E-state index is 9.45. The molecule has 0 aliphatic carbocycles. The Labute approximate surface area is 121 Å². The number of nitriles is 1. The Hall–Kier alpha value is -1.60. The largest absolute Gasteiger partial charge is 0.354 e. The highest BCUT2D eigenvalue weighted by atomic mass is 15.3. The first-order chi connectivity index (χ1) is 9.60. The van der Waals surface area contributed by atoms with Gasteiger partial charge < -0.3 is 4.90 Å². The van der Waals surface area contributed by atoms with Crippen LogP contribution in [0.4, 0.5) is 5.82 Å². The third-order valence-corrected chi connectivity index (χ3v) is 4.89. The fraction of sp³-hybridized carbons (Fsp3) is 0.625. The molecule has 106 valence electrons. The van der Waals surface area contributed by atoms with Crippen LogP contribution in [-0.2, 0) is 0 Å². The lowest BCUT2D eigenvalue weighted by molar-refractivity contribution is 0.254. The van der Waals surface area contributed by atoms with Gasteiger partial charge in [-0.3, -0.25) is 4.90 Å². The molecule has 4 heteroatoms. The second kappa shape index (κ2) is 5.06. The minimum Gasteiger partial charge on any atom is -0.354 e. The van der Waals surface area contributed by atoms with Gasteiger partial charge in [0, 0.05) is 30.9 Å². The normalized spacial score (nSPS) is 26.4. The van der Waals surface area contributed by atoms with Gasteiger partial charge in [0.25, 0.3) is 0 Å². The average molecular weight is 270 g/mol. The molecule has 2 fully saturated rings. The number of aryl methyl sites for hydroxylation is 2. The lowest BCUT2D eigenvalue weighted by Gasteiger charge is -2.28. The van der Waals surface area contributed by atoms with E-state index < -0.39 is 0 Å². The minimum atomic E-state index is 0.608. The maximum Gasteiger partial charge on any atom is 0.147 e. The SMILES string of the molecule is Cc1cc(C)c(C#N)c(N2CCC3CCC(C2)N3C)n1. The first-order valence-electron chi connectivity index (χ1n) is 7.45. The molecule has 3 rings (SSSR count). The Morgan fingerprint density at radius 2 is 2.00 bits per heavy atom. The van der Waals surface area contributed by atoms with Gasteiger partial charge in [-0.25, -0.2) is 4.98 Å². The summed E-state index contributed by atoms with van der Waals surface area (Å²) in [5.74, 6) is 0.894. The van der Waals surface area contributed by atoms with Crippen LogP contribution >= 0.6 is 0 Å². The highest BCUT2D eigenvalue weighted by Gasteiger charge is 2.35. The van der Waals surface area contributed by atoms with Crippen molar-refractivity contribution in [3.05, 3.63) is 22.9 Å². The van der Waals surface area contributed by atoms with Gasteiger partial charge in [-0.15, -0.1) is 0 Å². The standard InChI is InChI=1S/C16H22N4/c1-11-8-12(2)18-16(15(11)9-17)20-7-6-13-4-5-14(10-20)19(13)3/h8,13-14H,4-7,10H2,1-3H3. The van der Waals surface area contributed by atoms with Crippen molar-refractivity contribution in [3.8, 4) is 6.07 Å². The summed E-state index contributed by atoms with van der Waals surface area (Å²) in [5, 5.41) is 9.45. The summed E-state index contributed by atoms with van der Waals surface area (Å²) < 4.78 is 0. The molecule has 2 atom stereocenters. The van der Waals surface area contributed by atoms with E-state index in [9.17, 15) is 5.26 Å². The van der Waals surface area contributed by atoms with Gasteiger partial charge in [-0.1, -0.05) is 0 Å². The molecule has 2 bridgehead atoms. The summed E-state index contributed by atoms with van der Waals surface area (Å²) in [7, 11) is 2.24. The fourth-order valence-electron chi connectivity index (χ4n) is 3.69. The fourth-order valence-corrected chi connectivity index (χ4v) is 3.69. The number of rotatable bonds is 1. The van der Waals surface area contributed by atoms with Crippen LogP contribution in [0.3, 0.4) is 0 Å². The van der Waals surface area contributed by atoms with Crippen LogP contribution in [0.2, 0.25) is 0 Å². The average Bonchev–Trinajstić information content (AvgIpc) is 2.62. The van der Waals surface area contributed by atoms with Crippen molar-refractivity contribution in [3.63, 3.8) is 0 Å². The van der Waals surface area contributed by atoms with Crippen LogP contribution in [0.5, 0.6) is 0 Å². The number of nitrogens with zero attached hydrogens (tertiary/aromatic N) is 4. The number of hydrogen-bond acceptors (Lipinski definition) is 4. The molecule has 0 radical (unpaired) electrons. The van der Waals surface area contributed by atoms with Crippen molar-refractivity contribution in [1.82, 2.24) is 9.88 Å². The van der Waals surface area contributed by atoms with Crippen molar-refractivity contribution in [2.75, 3.05) is 25.0 Å². The smallest absolute Gasteiger partial charge is 0.147 e. The Balaban J connectivity index is 1.96. The Kier molecular flexibility index (Phi) is 3.39. The van der Waals surface area contributed by atoms with Gasteiger partial charge in [0.1, 0.15) is 11.9 Å². The molecule has 0 amide bonds. The van der Waals surface area contributed by atoms with E-state index in [1.807, 2.05) is 19.9 Å². The molecule has 2 unspecified atom stereocenters. The van der Waals surface area contributed by atoms with Crippen LogP contribution in [0.15, 0.2) is 6.07 Å². The van der Waals surface area contributed by atoms with Gasteiger partial charge >= 0.3 is 0 Å². The zero-order chi connectivity index (χ0) is 14.3. The van der Waals surface area contributed by atoms with Crippen LogP contribution < -0.4 is 4.90 Å². The predicted octanol–water partition coefficient (Wildman–Crippen LogP) is 2.24. The van der Waals surface area contributed by atoms with E-state index in [0.29, 0.717) is 12.1 Å². The van der Waals surface area contributed by atoms with E-state index >= 15 is 0 Å². The number of pyridine rings is 1. The van der Waals surface area contributed by atoms with Crippen LogP contribution in [-0.4, -0.2) is 42.1 Å². The van der Waals surface area contributed by atoms with Gasteiger partial charge in [0.15, 0.2) is 0 Å². The van der Waals surface area contributed by atoms with E-state index in [1.165, 1.54) is 19.3 Å². The summed E-state index contributed by atoms with van der Waals surface area (Å²) in [6.07, 6.45) is 3.76. The molecule has 0 spiro atoms. The van der Waals surface area contributed by atoms with Gasteiger partial charge in [-0.05, 0) is 51.8 Å². The molecule has 0 N–H and O–H groups in total. The van der Waals surface area contributed by atoms with Crippen LogP contribution in [0, 0.1) is 25.2 Å². The number of anilines is 1. The van der Waals surface area contributed by atoms with Crippen molar-refractivity contribution in [1.29, 1.82) is 5.26 Å². The summed E-state index contributed by atoms with van der Waals surface area (Å²) in [4.78, 5) is 9.52. The molecule has 1 aromatic heterocycles. The molecular weight excluding hydrogens is 248 g/mol. The van der Waals surface area contributed by atoms with Gasteiger partial charge in [0.2, 0.25) is 0 Å². The molecule has 3 heterocycles. The van der Waals surface area contributed by atoms with Crippen molar-refractivity contribution in [2.45, 2.75) is 45.2 Å². The predicted molar refractivity (Wildman–Crippen MR) is 79.8 cm³/mol. The summed E-state index contributed by atoms with van der Waals surface area (Å²) in [6.45, 7) is 6.02. The van der Waals surface area contributed by atoms with Gasteiger partial charge in [-0.2, -0.15) is 5.26 Å². The highest BCUT2D eigenvalue weighted by Crippen LogP contribution is 2.31. The number of hydrogen-bond donors (Lipinski definition) is 0.